The van der Waals surface area contributed by atoms with Crippen LogP contribution < -0.4 is 5.32 Å². The quantitative estimate of drug-likeness (QED) is 0.863. The number of hydrogen-bond donors (Lipinski definition) is 1. The second-order valence-electron chi connectivity index (χ2n) is 5.13. The second-order valence-corrected chi connectivity index (χ2v) is 5.13. The minimum atomic E-state index is -0.140. The highest BCUT2D eigenvalue weighted by atomic mass is 19.1. The van der Waals surface area contributed by atoms with Gasteiger partial charge in [-0.05, 0) is 63.6 Å². The molecule has 1 fully saturated rings. The van der Waals surface area contributed by atoms with Gasteiger partial charge in [-0.3, -0.25) is 0 Å². The summed E-state index contributed by atoms with van der Waals surface area (Å²) in [6, 6.07) is 7.31. The molecule has 2 rings (SSSR count). The van der Waals surface area contributed by atoms with Gasteiger partial charge in [-0.25, -0.2) is 4.39 Å². The van der Waals surface area contributed by atoms with Gasteiger partial charge < -0.3 is 10.2 Å². The van der Waals surface area contributed by atoms with Gasteiger partial charge in [0.15, 0.2) is 0 Å². The molecule has 0 amide bonds. The van der Waals surface area contributed by atoms with Crippen LogP contribution >= 0.6 is 0 Å². The highest BCUT2D eigenvalue weighted by Crippen LogP contribution is 2.28. The zero-order valence-corrected chi connectivity index (χ0v) is 10.6. The van der Waals surface area contributed by atoms with Gasteiger partial charge in [0, 0.05) is 6.04 Å². The molecule has 94 valence electrons. The Balaban J connectivity index is 2.10. The van der Waals surface area contributed by atoms with Crippen molar-refractivity contribution in [3.63, 3.8) is 0 Å². The number of halogens is 1. The third-order valence-corrected chi connectivity index (χ3v) is 3.58. The van der Waals surface area contributed by atoms with Crippen LogP contribution in [0, 0.1) is 11.7 Å². The predicted molar refractivity (Wildman–Crippen MR) is 68.4 cm³/mol. The van der Waals surface area contributed by atoms with Crippen molar-refractivity contribution < 1.29 is 4.39 Å². The Morgan fingerprint density at radius 3 is 2.88 bits per heavy atom. The molecule has 1 aromatic rings. The largest absolute Gasteiger partial charge is 0.316 e. The monoisotopic (exact) mass is 236 g/mol. The maximum atomic E-state index is 13.3. The molecule has 17 heavy (non-hydrogen) atoms. The average molecular weight is 236 g/mol. The van der Waals surface area contributed by atoms with Crippen LogP contribution in [0.25, 0.3) is 0 Å². The van der Waals surface area contributed by atoms with Crippen LogP contribution in [0.2, 0.25) is 0 Å². The maximum absolute atomic E-state index is 13.3. The lowest BCUT2D eigenvalue weighted by Crippen LogP contribution is -2.23. The summed E-state index contributed by atoms with van der Waals surface area (Å²) in [5.74, 6) is 0.574. The van der Waals surface area contributed by atoms with Gasteiger partial charge in [0.05, 0.1) is 0 Å². The fourth-order valence-corrected chi connectivity index (χ4v) is 2.59. The molecule has 3 heteroatoms. The Morgan fingerprint density at radius 2 is 2.29 bits per heavy atom. The molecular formula is C14H21FN2. The molecule has 2 nitrogen and oxygen atoms in total. The van der Waals surface area contributed by atoms with Crippen LogP contribution in [0.1, 0.15) is 24.4 Å². The van der Waals surface area contributed by atoms with Crippen molar-refractivity contribution >= 4 is 0 Å². The van der Waals surface area contributed by atoms with Gasteiger partial charge in [-0.2, -0.15) is 0 Å². The molecule has 0 aromatic heterocycles. The smallest absolute Gasteiger partial charge is 0.123 e. The normalized spacial score (nSPS) is 22.0. The molecule has 0 bridgehead atoms. The number of hydrogen-bond acceptors (Lipinski definition) is 2. The van der Waals surface area contributed by atoms with E-state index in [1.54, 1.807) is 12.1 Å². The first-order valence-corrected chi connectivity index (χ1v) is 6.29. The molecule has 1 aliphatic rings. The van der Waals surface area contributed by atoms with Crippen molar-refractivity contribution in [1.29, 1.82) is 0 Å². The van der Waals surface area contributed by atoms with E-state index < -0.39 is 0 Å². The summed E-state index contributed by atoms with van der Waals surface area (Å²) in [5, 5.41) is 3.39. The van der Waals surface area contributed by atoms with Gasteiger partial charge in [0.2, 0.25) is 0 Å². The molecule has 0 spiro atoms. The number of benzene rings is 1. The molecule has 2 unspecified atom stereocenters. The van der Waals surface area contributed by atoms with Gasteiger partial charge in [-0.1, -0.05) is 12.1 Å². The van der Waals surface area contributed by atoms with E-state index in [9.17, 15) is 4.39 Å². The number of nitrogens with one attached hydrogen (secondary N) is 1. The first kappa shape index (κ1) is 12.5. The summed E-state index contributed by atoms with van der Waals surface area (Å²) in [4.78, 5) is 2.19. The molecule has 1 aromatic carbocycles. The number of nitrogens with zero attached hydrogens (tertiary/aromatic N) is 1. The molecule has 1 N–H and O–H groups in total. The van der Waals surface area contributed by atoms with Crippen molar-refractivity contribution in [2.45, 2.75) is 18.9 Å². The lowest BCUT2D eigenvalue weighted by Gasteiger charge is -2.27. The van der Waals surface area contributed by atoms with E-state index in [0.717, 1.165) is 25.1 Å². The van der Waals surface area contributed by atoms with Gasteiger partial charge in [-0.15, -0.1) is 0 Å². The molecular weight excluding hydrogens is 215 g/mol. The Morgan fingerprint density at radius 1 is 1.47 bits per heavy atom. The Bertz CT molecular complexity index is 359. The summed E-state index contributed by atoms with van der Waals surface area (Å²) in [7, 11) is 4.13. The summed E-state index contributed by atoms with van der Waals surface area (Å²) in [6.45, 7) is 2.22. The van der Waals surface area contributed by atoms with Crippen molar-refractivity contribution in [2.24, 2.45) is 5.92 Å². The van der Waals surface area contributed by atoms with E-state index in [-0.39, 0.29) is 5.82 Å². The van der Waals surface area contributed by atoms with Crippen molar-refractivity contribution in [3.8, 4) is 0 Å². The van der Waals surface area contributed by atoms with Crippen molar-refractivity contribution in [2.75, 3.05) is 27.2 Å². The van der Waals surface area contributed by atoms with Gasteiger partial charge >= 0.3 is 0 Å². The van der Waals surface area contributed by atoms with E-state index >= 15 is 0 Å². The molecule has 1 saturated heterocycles. The molecule has 2 atom stereocenters. The maximum Gasteiger partial charge on any atom is 0.123 e. The average Bonchev–Trinajstić information content (AvgIpc) is 2.78. The summed E-state index contributed by atoms with van der Waals surface area (Å²) >= 11 is 0. The fourth-order valence-electron chi connectivity index (χ4n) is 2.59. The third-order valence-electron chi connectivity index (χ3n) is 3.58. The minimum absolute atomic E-state index is 0.140. The van der Waals surface area contributed by atoms with Crippen LogP contribution in [0.5, 0.6) is 0 Å². The van der Waals surface area contributed by atoms with Crippen LogP contribution in [0.4, 0.5) is 4.39 Å². The van der Waals surface area contributed by atoms with Crippen LogP contribution in [0.3, 0.4) is 0 Å². The predicted octanol–water partition coefficient (Wildman–Crippen LogP) is 2.43. The fraction of sp³-hybridized carbons (Fsp3) is 0.571. The van der Waals surface area contributed by atoms with Crippen LogP contribution in [0.15, 0.2) is 24.3 Å². The SMILES string of the molecule is CN(C)C(CC1CCNC1)c1cccc(F)c1. The summed E-state index contributed by atoms with van der Waals surface area (Å²) < 4.78 is 13.3. The third kappa shape index (κ3) is 3.27. The summed E-state index contributed by atoms with van der Waals surface area (Å²) in [5.41, 5.74) is 1.09. The zero-order chi connectivity index (χ0) is 12.3. The highest BCUT2D eigenvalue weighted by molar-refractivity contribution is 5.20. The Kier molecular flexibility index (Phi) is 4.13. The van der Waals surface area contributed by atoms with E-state index in [0.29, 0.717) is 12.0 Å². The number of rotatable bonds is 4. The lowest BCUT2D eigenvalue weighted by atomic mass is 9.93. The van der Waals surface area contributed by atoms with E-state index in [1.165, 1.54) is 12.5 Å². The van der Waals surface area contributed by atoms with Crippen LogP contribution in [-0.4, -0.2) is 32.1 Å². The summed E-state index contributed by atoms with van der Waals surface area (Å²) in [6.07, 6.45) is 2.34. The molecule has 0 saturated carbocycles. The van der Waals surface area contributed by atoms with E-state index in [1.807, 2.05) is 6.07 Å². The first-order valence-electron chi connectivity index (χ1n) is 6.29. The topological polar surface area (TPSA) is 15.3 Å². The minimum Gasteiger partial charge on any atom is -0.316 e. The Labute approximate surface area is 103 Å². The van der Waals surface area contributed by atoms with E-state index in [4.69, 9.17) is 0 Å². The zero-order valence-electron chi connectivity index (χ0n) is 10.6. The van der Waals surface area contributed by atoms with Crippen molar-refractivity contribution in [1.82, 2.24) is 10.2 Å². The molecule has 0 aliphatic carbocycles. The molecule has 1 heterocycles. The first-order chi connectivity index (χ1) is 8.16. The van der Waals surface area contributed by atoms with E-state index in [2.05, 4.69) is 24.3 Å². The second kappa shape index (κ2) is 5.61. The van der Waals surface area contributed by atoms with Gasteiger partial charge in [0.1, 0.15) is 5.82 Å². The molecule has 0 radical (unpaired) electrons. The molecule has 1 aliphatic heterocycles. The Hall–Kier alpha value is -0.930. The lowest BCUT2D eigenvalue weighted by molar-refractivity contribution is 0.252. The van der Waals surface area contributed by atoms with Gasteiger partial charge in [0.25, 0.3) is 0 Å². The van der Waals surface area contributed by atoms with Crippen molar-refractivity contribution in [3.05, 3.63) is 35.6 Å². The van der Waals surface area contributed by atoms with Crippen LogP contribution in [-0.2, 0) is 0 Å². The highest BCUT2D eigenvalue weighted by Gasteiger charge is 2.22. The standard InChI is InChI=1S/C14H21FN2/c1-17(2)14(8-11-6-7-16-10-11)12-4-3-5-13(15)9-12/h3-5,9,11,14,16H,6-8,10H2,1-2H3.